The molecule has 8 aromatic rings. The van der Waals surface area contributed by atoms with Crippen molar-refractivity contribution >= 4 is 43.4 Å². The summed E-state index contributed by atoms with van der Waals surface area (Å²) in [6, 6.07) is 48.0. The van der Waals surface area contributed by atoms with Crippen LogP contribution in [0.1, 0.15) is 49.7 Å². The predicted octanol–water partition coefficient (Wildman–Crippen LogP) is 11.3. The van der Waals surface area contributed by atoms with E-state index in [0.29, 0.717) is 0 Å². The van der Waals surface area contributed by atoms with Crippen LogP contribution in [-0.4, -0.2) is 14.5 Å². The monoisotopic (exact) mass is 631 g/mol. The number of para-hydroxylation sites is 2. The summed E-state index contributed by atoms with van der Waals surface area (Å²) in [5.74, 6) is 2.34. The number of nitrogens with zero attached hydrogens (tertiary/aromatic N) is 3. The van der Waals surface area contributed by atoms with Gasteiger partial charge in [0.05, 0.1) is 11.0 Å². The molecule has 0 spiro atoms. The number of rotatable bonds is 4. The van der Waals surface area contributed by atoms with Crippen LogP contribution in [0.25, 0.3) is 60.4 Å². The van der Waals surface area contributed by atoms with Gasteiger partial charge < -0.3 is 4.57 Å². The van der Waals surface area contributed by atoms with E-state index in [4.69, 9.17) is 0 Å². The smallest absolute Gasteiger partial charge is 0.159 e. The largest absolute Gasteiger partial charge is 0.309 e. The Morgan fingerprint density at radius 1 is 0.510 bits per heavy atom. The summed E-state index contributed by atoms with van der Waals surface area (Å²) in [5, 5.41) is 7.87. The summed E-state index contributed by atoms with van der Waals surface area (Å²) < 4.78 is 2.49. The average molecular weight is 632 g/mol. The predicted molar refractivity (Wildman–Crippen MR) is 201 cm³/mol. The van der Waals surface area contributed by atoms with Gasteiger partial charge in [-0.05, 0) is 136 Å². The molecule has 2 unspecified atom stereocenters. The van der Waals surface area contributed by atoms with Crippen molar-refractivity contribution in [2.75, 3.05) is 0 Å². The van der Waals surface area contributed by atoms with Crippen molar-refractivity contribution in [1.82, 2.24) is 14.5 Å². The second-order valence-corrected chi connectivity index (χ2v) is 15.5. The first-order chi connectivity index (χ1) is 24.1. The van der Waals surface area contributed by atoms with Crippen molar-refractivity contribution in [3.8, 4) is 17.1 Å². The first-order valence-corrected chi connectivity index (χ1v) is 18.0. The van der Waals surface area contributed by atoms with Crippen molar-refractivity contribution < 1.29 is 0 Å². The Morgan fingerprint density at radius 2 is 1.10 bits per heavy atom. The Kier molecular flexibility index (Phi) is 5.71. The van der Waals surface area contributed by atoms with E-state index in [1.807, 2.05) is 18.5 Å². The van der Waals surface area contributed by atoms with Crippen LogP contribution in [0.4, 0.5) is 0 Å². The van der Waals surface area contributed by atoms with Crippen LogP contribution < -0.4 is 0 Å². The van der Waals surface area contributed by atoms with Crippen molar-refractivity contribution in [3.63, 3.8) is 0 Å². The van der Waals surface area contributed by atoms with Gasteiger partial charge in [-0.2, -0.15) is 0 Å². The highest BCUT2D eigenvalue weighted by molar-refractivity contribution is 6.10. The Labute approximate surface area is 286 Å². The van der Waals surface area contributed by atoms with Gasteiger partial charge in [0, 0.05) is 34.4 Å². The molecule has 49 heavy (non-hydrogen) atoms. The van der Waals surface area contributed by atoms with E-state index >= 15 is 0 Å². The van der Waals surface area contributed by atoms with Crippen LogP contribution in [0, 0.1) is 11.8 Å². The zero-order valence-corrected chi connectivity index (χ0v) is 27.5. The molecule has 4 aliphatic carbocycles. The molecule has 6 aromatic carbocycles. The van der Waals surface area contributed by atoms with Gasteiger partial charge in [-0.1, -0.05) is 84.9 Å². The molecule has 0 radical (unpaired) electrons. The lowest BCUT2D eigenvalue weighted by atomic mass is 9.41. The van der Waals surface area contributed by atoms with E-state index in [1.54, 1.807) is 11.1 Å². The minimum atomic E-state index is 0.212. The van der Waals surface area contributed by atoms with E-state index in [1.165, 1.54) is 87.6 Å². The van der Waals surface area contributed by atoms with Crippen molar-refractivity contribution in [3.05, 3.63) is 151 Å². The first-order valence-electron chi connectivity index (χ1n) is 18.0. The summed E-state index contributed by atoms with van der Waals surface area (Å²) in [4.78, 5) is 9.11. The van der Waals surface area contributed by atoms with Gasteiger partial charge in [0.2, 0.25) is 0 Å². The normalized spacial score (nSPS) is 24.4. The number of aromatic nitrogens is 3. The molecule has 2 atom stereocenters. The minimum Gasteiger partial charge on any atom is -0.309 e. The van der Waals surface area contributed by atoms with Crippen molar-refractivity contribution in [2.24, 2.45) is 11.8 Å². The van der Waals surface area contributed by atoms with Gasteiger partial charge in [-0.25, -0.2) is 9.97 Å². The first kappa shape index (κ1) is 27.6. The molecule has 0 saturated heterocycles. The fraction of sp³-hybridized carbons (Fsp3) is 0.217. The third-order valence-corrected chi connectivity index (χ3v) is 12.6. The molecule has 3 nitrogen and oxygen atoms in total. The van der Waals surface area contributed by atoms with Crippen LogP contribution in [0.2, 0.25) is 0 Å². The SMILES string of the molecule is c1cnc(-c2ccc3ccc4ccc(C56CC7CC(CC(c8cccc(-n9c%10ccccc%10c%10ccccc%109)c8)(C7)C5)C6)cc4c3c2)nc1. The molecule has 0 aliphatic heterocycles. The minimum absolute atomic E-state index is 0.212. The second-order valence-electron chi connectivity index (χ2n) is 15.5. The van der Waals surface area contributed by atoms with Crippen LogP contribution in [0.3, 0.4) is 0 Å². The molecule has 4 aliphatic rings. The van der Waals surface area contributed by atoms with Gasteiger partial charge in [-0.3, -0.25) is 0 Å². The number of fused-ring (bicyclic) bond motifs is 6. The molecular weight excluding hydrogens is 595 g/mol. The van der Waals surface area contributed by atoms with Gasteiger partial charge >= 0.3 is 0 Å². The Hall–Kier alpha value is -5.28. The van der Waals surface area contributed by atoms with Crippen molar-refractivity contribution in [1.29, 1.82) is 0 Å². The quantitative estimate of drug-likeness (QED) is 0.181. The van der Waals surface area contributed by atoms with E-state index in [2.05, 4.69) is 136 Å². The molecule has 4 saturated carbocycles. The van der Waals surface area contributed by atoms with Crippen LogP contribution in [0.5, 0.6) is 0 Å². The van der Waals surface area contributed by atoms with E-state index in [9.17, 15) is 0 Å². The maximum atomic E-state index is 4.56. The Balaban J connectivity index is 1.04. The van der Waals surface area contributed by atoms with Gasteiger partial charge in [0.25, 0.3) is 0 Å². The molecule has 12 rings (SSSR count). The maximum absolute atomic E-state index is 4.56. The molecule has 236 valence electrons. The summed E-state index contributed by atoms with van der Waals surface area (Å²) in [6.07, 6.45) is 11.6. The number of hydrogen-bond donors (Lipinski definition) is 0. The Morgan fingerprint density at radius 3 is 1.80 bits per heavy atom. The fourth-order valence-electron chi connectivity index (χ4n) is 11.1. The zero-order chi connectivity index (χ0) is 32.2. The highest BCUT2D eigenvalue weighted by atomic mass is 15.0. The lowest BCUT2D eigenvalue weighted by Crippen LogP contribution is -2.55. The molecule has 2 heterocycles. The van der Waals surface area contributed by atoms with Crippen LogP contribution >= 0.6 is 0 Å². The lowest BCUT2D eigenvalue weighted by molar-refractivity contribution is -0.0280. The second kappa shape index (κ2) is 10.1. The topological polar surface area (TPSA) is 30.7 Å². The third kappa shape index (κ3) is 4.08. The summed E-state index contributed by atoms with van der Waals surface area (Å²) in [7, 11) is 0. The van der Waals surface area contributed by atoms with Crippen LogP contribution in [0.15, 0.2) is 140 Å². The molecule has 0 amide bonds. The molecule has 2 aromatic heterocycles. The standard InChI is InChI=1S/C46H37N3/c1-3-11-42-38(9-1)39-10-2-4-12-43(39)49(42)37-8-5-7-35(23-37)45-25-30-21-31(26-45)28-46(27-30,29-45)36-18-17-33-14-13-32-15-16-34(22-40(32)41(33)24-36)44-47-19-6-20-48-44/h1-20,22-24,30-31H,21,25-29H2. The lowest BCUT2D eigenvalue weighted by Gasteiger charge is -2.63. The van der Waals surface area contributed by atoms with E-state index in [0.717, 1.165) is 23.2 Å². The van der Waals surface area contributed by atoms with Gasteiger partial charge in [-0.15, -0.1) is 0 Å². The highest BCUT2D eigenvalue weighted by Gasteiger charge is 2.58. The van der Waals surface area contributed by atoms with Gasteiger partial charge in [0.15, 0.2) is 5.82 Å². The highest BCUT2D eigenvalue weighted by Crippen LogP contribution is 2.66. The fourth-order valence-corrected chi connectivity index (χ4v) is 11.1. The molecule has 4 bridgehead atoms. The summed E-state index contributed by atoms with van der Waals surface area (Å²) in [5.41, 5.74) is 8.45. The van der Waals surface area contributed by atoms with E-state index in [-0.39, 0.29) is 10.8 Å². The Bertz CT molecular complexity index is 2530. The molecule has 4 fully saturated rings. The third-order valence-electron chi connectivity index (χ3n) is 12.6. The molecule has 3 heteroatoms. The maximum Gasteiger partial charge on any atom is 0.159 e. The van der Waals surface area contributed by atoms with Crippen molar-refractivity contribution in [2.45, 2.75) is 49.4 Å². The molecular formula is C46H37N3. The van der Waals surface area contributed by atoms with E-state index < -0.39 is 0 Å². The summed E-state index contributed by atoms with van der Waals surface area (Å²) in [6.45, 7) is 0. The number of benzene rings is 6. The molecule has 0 N–H and O–H groups in total. The number of hydrogen-bond acceptors (Lipinski definition) is 2. The summed E-state index contributed by atoms with van der Waals surface area (Å²) >= 11 is 0. The van der Waals surface area contributed by atoms with Gasteiger partial charge in [0.1, 0.15) is 0 Å². The van der Waals surface area contributed by atoms with Crippen LogP contribution in [-0.2, 0) is 10.8 Å². The average Bonchev–Trinajstić information content (AvgIpc) is 3.49. The zero-order valence-electron chi connectivity index (χ0n) is 27.5.